The van der Waals surface area contributed by atoms with E-state index in [0.717, 1.165) is 16.7 Å². The van der Waals surface area contributed by atoms with Crippen LogP contribution in [0.2, 0.25) is 0 Å². The van der Waals surface area contributed by atoms with E-state index in [0.29, 0.717) is 25.3 Å². The van der Waals surface area contributed by atoms with Crippen LogP contribution in [-0.2, 0) is 10.9 Å². The van der Waals surface area contributed by atoms with Gasteiger partial charge in [-0.15, -0.1) is 11.3 Å². The van der Waals surface area contributed by atoms with Gasteiger partial charge in [0, 0.05) is 17.4 Å². The molecule has 0 saturated carbocycles. The molecule has 1 atom stereocenters. The van der Waals surface area contributed by atoms with E-state index in [2.05, 4.69) is 15.3 Å². The molecule has 0 radical (unpaired) electrons. The van der Waals surface area contributed by atoms with Crippen LogP contribution in [0.4, 0.5) is 24.7 Å². The smallest absolute Gasteiger partial charge is 0.418 e. The predicted molar refractivity (Wildman–Crippen MR) is 101 cm³/mol. The molecule has 1 fully saturated rings. The third-order valence-electron chi connectivity index (χ3n) is 4.38. The quantitative estimate of drug-likeness (QED) is 0.648. The number of amides is 1. The molecule has 0 bridgehead atoms. The maximum Gasteiger partial charge on any atom is 0.418 e. The van der Waals surface area contributed by atoms with Crippen molar-refractivity contribution < 1.29 is 27.4 Å². The van der Waals surface area contributed by atoms with Crippen molar-refractivity contribution in [2.24, 2.45) is 5.73 Å². The van der Waals surface area contributed by atoms with Crippen LogP contribution in [0.1, 0.15) is 22.3 Å². The van der Waals surface area contributed by atoms with Gasteiger partial charge in [0.25, 0.3) is 0 Å². The summed E-state index contributed by atoms with van der Waals surface area (Å²) in [5.74, 6) is -0.388. The molecular formula is C18H15F3N4O3S. The van der Waals surface area contributed by atoms with Crippen LogP contribution < -0.4 is 15.8 Å². The van der Waals surface area contributed by atoms with Gasteiger partial charge in [-0.05, 0) is 18.2 Å². The van der Waals surface area contributed by atoms with Crippen molar-refractivity contribution in [3.8, 4) is 5.75 Å². The Morgan fingerprint density at radius 2 is 2.17 bits per heavy atom. The highest BCUT2D eigenvalue weighted by atomic mass is 32.1. The molecule has 4 rings (SSSR count). The Bertz CT molecular complexity index is 1060. The van der Waals surface area contributed by atoms with Crippen molar-refractivity contribution in [2.75, 3.05) is 18.5 Å². The van der Waals surface area contributed by atoms with Crippen LogP contribution in [-0.4, -0.2) is 35.2 Å². The van der Waals surface area contributed by atoms with Crippen molar-refractivity contribution in [1.29, 1.82) is 0 Å². The molecule has 3 heterocycles. The van der Waals surface area contributed by atoms with Gasteiger partial charge >= 0.3 is 6.18 Å². The van der Waals surface area contributed by atoms with Crippen molar-refractivity contribution in [3.63, 3.8) is 0 Å². The zero-order chi connectivity index (χ0) is 20.6. The van der Waals surface area contributed by atoms with E-state index in [4.69, 9.17) is 15.2 Å². The molecule has 1 saturated heterocycles. The number of thiophene rings is 1. The third-order valence-corrected chi connectivity index (χ3v) is 5.26. The van der Waals surface area contributed by atoms with Crippen LogP contribution >= 0.6 is 11.3 Å². The summed E-state index contributed by atoms with van der Waals surface area (Å²) in [6.45, 7) is 0.917. The summed E-state index contributed by atoms with van der Waals surface area (Å²) in [6.07, 6.45) is -2.95. The SMILES string of the molecule is NC(=O)c1ccc(Nc2ncnc3scc(C(F)(F)F)c23)c(OC2CCOC2)c1. The first kappa shape index (κ1) is 19.4. The molecule has 0 aliphatic carbocycles. The summed E-state index contributed by atoms with van der Waals surface area (Å²) in [5.41, 5.74) is 5.08. The number of ether oxygens (including phenoxy) is 2. The zero-order valence-corrected chi connectivity index (χ0v) is 15.6. The second kappa shape index (κ2) is 7.48. The highest BCUT2D eigenvalue weighted by Crippen LogP contribution is 2.41. The Balaban J connectivity index is 1.76. The van der Waals surface area contributed by atoms with E-state index in [-0.39, 0.29) is 33.5 Å². The fourth-order valence-corrected chi connectivity index (χ4v) is 3.88. The van der Waals surface area contributed by atoms with Gasteiger partial charge in [-0.25, -0.2) is 9.97 Å². The van der Waals surface area contributed by atoms with Gasteiger partial charge in [0.05, 0.1) is 29.9 Å². The first-order chi connectivity index (χ1) is 13.8. The summed E-state index contributed by atoms with van der Waals surface area (Å²) in [4.78, 5) is 19.6. The molecule has 29 heavy (non-hydrogen) atoms. The predicted octanol–water partition coefficient (Wildman–Crippen LogP) is 3.72. The highest BCUT2D eigenvalue weighted by molar-refractivity contribution is 7.17. The fraction of sp³-hybridized carbons (Fsp3) is 0.278. The zero-order valence-electron chi connectivity index (χ0n) is 14.8. The third kappa shape index (κ3) is 3.96. The molecule has 11 heteroatoms. The standard InChI is InChI=1S/C18H15F3N4O3S/c19-18(20,21)11-7-29-17-14(11)16(23-8-24-17)25-12-2-1-9(15(22)26)5-13(12)28-10-3-4-27-6-10/h1-2,5,7-8,10H,3-4,6H2,(H2,22,26)(H,23,24,25). The number of nitrogens with two attached hydrogens (primary N) is 1. The number of halogens is 3. The number of rotatable bonds is 5. The van der Waals surface area contributed by atoms with Crippen molar-refractivity contribution in [1.82, 2.24) is 9.97 Å². The monoisotopic (exact) mass is 424 g/mol. The molecule has 3 N–H and O–H groups in total. The fourth-order valence-electron chi connectivity index (χ4n) is 2.97. The first-order valence-electron chi connectivity index (χ1n) is 8.57. The number of alkyl halides is 3. The second-order valence-electron chi connectivity index (χ2n) is 6.35. The van der Waals surface area contributed by atoms with Crippen molar-refractivity contribution in [3.05, 3.63) is 41.0 Å². The topological polar surface area (TPSA) is 99.4 Å². The minimum atomic E-state index is -4.55. The number of hydrogen-bond acceptors (Lipinski definition) is 7. The molecular weight excluding hydrogens is 409 g/mol. The summed E-state index contributed by atoms with van der Waals surface area (Å²) >= 11 is 0.882. The van der Waals surface area contributed by atoms with E-state index in [9.17, 15) is 18.0 Å². The van der Waals surface area contributed by atoms with Crippen LogP contribution in [0.5, 0.6) is 5.75 Å². The van der Waals surface area contributed by atoms with E-state index in [1.54, 1.807) is 0 Å². The number of carbonyl (C=O) groups is 1. The molecule has 2 aromatic heterocycles. The van der Waals surface area contributed by atoms with E-state index >= 15 is 0 Å². The minimum absolute atomic E-state index is 0.0112. The molecule has 1 amide bonds. The Labute approximate surface area is 166 Å². The number of primary amides is 1. The Morgan fingerprint density at radius 3 is 2.86 bits per heavy atom. The number of benzene rings is 1. The van der Waals surface area contributed by atoms with E-state index in [1.165, 1.54) is 24.5 Å². The second-order valence-corrected chi connectivity index (χ2v) is 7.21. The molecule has 7 nitrogen and oxygen atoms in total. The maximum absolute atomic E-state index is 13.4. The lowest BCUT2D eigenvalue weighted by Gasteiger charge is -2.18. The summed E-state index contributed by atoms with van der Waals surface area (Å²) in [5, 5.41) is 3.77. The highest BCUT2D eigenvalue weighted by Gasteiger charge is 2.35. The molecule has 1 aliphatic rings. The minimum Gasteiger partial charge on any atom is -0.486 e. The van der Waals surface area contributed by atoms with Crippen molar-refractivity contribution in [2.45, 2.75) is 18.7 Å². The van der Waals surface area contributed by atoms with Gasteiger partial charge in [0.15, 0.2) is 0 Å². The molecule has 0 spiro atoms. The van der Waals surface area contributed by atoms with Gasteiger partial charge in [-0.2, -0.15) is 13.2 Å². The number of carbonyl (C=O) groups excluding carboxylic acids is 1. The number of aromatic nitrogens is 2. The number of nitrogens with zero attached hydrogens (tertiary/aromatic N) is 2. The Kier molecular flexibility index (Phi) is 5.01. The molecule has 3 aromatic rings. The van der Waals surface area contributed by atoms with Gasteiger partial charge in [-0.3, -0.25) is 4.79 Å². The number of anilines is 2. The number of nitrogens with one attached hydrogen (secondary N) is 1. The van der Waals surface area contributed by atoms with E-state index in [1.807, 2.05) is 0 Å². The molecule has 152 valence electrons. The average molecular weight is 424 g/mol. The van der Waals surface area contributed by atoms with Crippen LogP contribution in [0.15, 0.2) is 29.9 Å². The number of hydrogen-bond donors (Lipinski definition) is 2. The molecule has 1 unspecified atom stereocenters. The normalized spacial score (nSPS) is 16.9. The van der Waals surface area contributed by atoms with Crippen molar-refractivity contribution >= 4 is 39.0 Å². The van der Waals surface area contributed by atoms with Gasteiger partial charge in [-0.1, -0.05) is 0 Å². The summed E-state index contributed by atoms with van der Waals surface area (Å²) < 4.78 is 51.4. The van der Waals surface area contributed by atoms with Gasteiger partial charge < -0.3 is 20.5 Å². The Hall–Kier alpha value is -2.92. The average Bonchev–Trinajstić information content (AvgIpc) is 3.32. The Morgan fingerprint density at radius 1 is 1.34 bits per heavy atom. The summed E-state index contributed by atoms with van der Waals surface area (Å²) in [6, 6.07) is 4.41. The lowest BCUT2D eigenvalue weighted by atomic mass is 10.1. The largest absolute Gasteiger partial charge is 0.486 e. The van der Waals surface area contributed by atoms with Crippen LogP contribution in [0.25, 0.3) is 10.2 Å². The van der Waals surface area contributed by atoms with Crippen LogP contribution in [0, 0.1) is 0 Å². The maximum atomic E-state index is 13.4. The molecule has 1 aliphatic heterocycles. The lowest BCUT2D eigenvalue weighted by molar-refractivity contribution is -0.136. The summed E-state index contributed by atoms with van der Waals surface area (Å²) in [7, 11) is 0. The van der Waals surface area contributed by atoms with E-state index < -0.39 is 17.6 Å². The number of fused-ring (bicyclic) bond motifs is 1. The first-order valence-corrected chi connectivity index (χ1v) is 9.45. The lowest BCUT2D eigenvalue weighted by Crippen LogP contribution is -2.18. The molecule has 1 aromatic carbocycles. The van der Waals surface area contributed by atoms with Gasteiger partial charge in [0.1, 0.15) is 28.8 Å². The van der Waals surface area contributed by atoms with Crippen LogP contribution in [0.3, 0.4) is 0 Å². The van der Waals surface area contributed by atoms with Gasteiger partial charge in [0.2, 0.25) is 5.91 Å².